The van der Waals surface area contributed by atoms with Crippen LogP contribution in [0.3, 0.4) is 0 Å². The Balaban J connectivity index is 2.84. The van der Waals surface area contributed by atoms with Gasteiger partial charge in [0.15, 0.2) is 0 Å². The van der Waals surface area contributed by atoms with E-state index in [9.17, 15) is 17.2 Å². The summed E-state index contributed by atoms with van der Waals surface area (Å²) in [6, 6.07) is 6.63. The fourth-order valence-electron chi connectivity index (χ4n) is 1.98. The van der Waals surface area contributed by atoms with Gasteiger partial charge in [-0.3, -0.25) is 8.78 Å². The largest absolute Gasteiger partial charge is 0.251 e. The first-order valence-electron chi connectivity index (χ1n) is 7.21. The number of hydrogen-bond acceptors (Lipinski definition) is 2. The van der Waals surface area contributed by atoms with E-state index in [0.29, 0.717) is 25.7 Å². The minimum absolute atomic E-state index is 0.230. The molecule has 0 amide bonds. The third kappa shape index (κ3) is 5.71. The van der Waals surface area contributed by atoms with Gasteiger partial charge in [0.2, 0.25) is 10.0 Å². The zero-order valence-corrected chi connectivity index (χ0v) is 13.2. The molecule has 1 aromatic carbocycles. The summed E-state index contributed by atoms with van der Waals surface area (Å²) in [5.74, 6) is 0. The highest BCUT2D eigenvalue weighted by atomic mass is 32.2. The van der Waals surface area contributed by atoms with E-state index in [4.69, 9.17) is 0 Å². The first-order chi connectivity index (χ1) is 10.0. The van der Waals surface area contributed by atoms with Gasteiger partial charge in [-0.25, -0.2) is 8.42 Å². The summed E-state index contributed by atoms with van der Waals surface area (Å²) in [5, 5.41) is 0. The van der Waals surface area contributed by atoms with Crippen molar-refractivity contribution >= 4 is 10.0 Å². The van der Waals surface area contributed by atoms with Crippen LogP contribution in [0.15, 0.2) is 29.2 Å². The fraction of sp³-hybridized carbons (Fsp3) is 0.600. The van der Waals surface area contributed by atoms with Crippen LogP contribution in [-0.4, -0.2) is 39.2 Å². The minimum atomic E-state index is -3.59. The monoisotopic (exact) mass is 319 g/mol. The highest BCUT2D eigenvalue weighted by Gasteiger charge is 2.23. The molecule has 0 heterocycles. The lowest BCUT2D eigenvalue weighted by Crippen LogP contribution is -2.33. The molecule has 0 bridgehead atoms. The molecule has 0 saturated heterocycles. The van der Waals surface area contributed by atoms with Crippen LogP contribution in [0.4, 0.5) is 8.78 Å². The van der Waals surface area contributed by atoms with E-state index in [1.54, 1.807) is 24.3 Å². The molecule has 0 N–H and O–H groups in total. The molecule has 0 aliphatic rings. The van der Waals surface area contributed by atoms with Crippen molar-refractivity contribution in [2.75, 3.05) is 26.4 Å². The van der Waals surface area contributed by atoms with Crippen LogP contribution in [0, 0.1) is 6.92 Å². The number of hydrogen-bond donors (Lipinski definition) is 0. The third-order valence-electron chi connectivity index (χ3n) is 3.24. The Labute approximate surface area is 126 Å². The molecular weight excluding hydrogens is 296 g/mol. The average molecular weight is 319 g/mol. The maximum absolute atomic E-state index is 12.6. The predicted octanol–water partition coefficient (Wildman–Crippen LogP) is 3.49. The van der Waals surface area contributed by atoms with E-state index in [1.165, 1.54) is 4.31 Å². The van der Waals surface area contributed by atoms with Crippen molar-refractivity contribution in [3.05, 3.63) is 29.8 Å². The molecule has 0 aliphatic carbocycles. The summed E-state index contributed by atoms with van der Waals surface area (Å²) >= 11 is 0. The summed E-state index contributed by atoms with van der Waals surface area (Å²) in [4.78, 5) is 0.230. The van der Waals surface area contributed by atoms with Crippen LogP contribution in [0.5, 0.6) is 0 Å². The molecule has 0 atom stereocenters. The second-order valence-electron chi connectivity index (χ2n) is 5.01. The average Bonchev–Trinajstić information content (AvgIpc) is 2.46. The molecule has 0 saturated carbocycles. The van der Waals surface area contributed by atoms with Crippen molar-refractivity contribution in [3.63, 3.8) is 0 Å². The third-order valence-corrected chi connectivity index (χ3v) is 5.15. The van der Waals surface area contributed by atoms with Gasteiger partial charge in [0, 0.05) is 13.1 Å². The Bertz CT molecular complexity index is 493. The number of alkyl halides is 2. The van der Waals surface area contributed by atoms with Crippen molar-refractivity contribution in [3.8, 4) is 0 Å². The van der Waals surface area contributed by atoms with Gasteiger partial charge in [-0.05, 0) is 44.7 Å². The first-order valence-corrected chi connectivity index (χ1v) is 8.65. The highest BCUT2D eigenvalue weighted by Crippen LogP contribution is 2.18. The van der Waals surface area contributed by atoms with Crippen molar-refractivity contribution in [1.82, 2.24) is 4.31 Å². The van der Waals surface area contributed by atoms with Crippen LogP contribution >= 0.6 is 0 Å². The number of halogens is 2. The van der Waals surface area contributed by atoms with E-state index >= 15 is 0 Å². The van der Waals surface area contributed by atoms with Crippen molar-refractivity contribution < 1.29 is 17.2 Å². The quantitative estimate of drug-likeness (QED) is 0.619. The van der Waals surface area contributed by atoms with E-state index in [2.05, 4.69) is 0 Å². The molecule has 0 aliphatic heterocycles. The fourth-order valence-corrected chi connectivity index (χ4v) is 3.49. The lowest BCUT2D eigenvalue weighted by molar-refractivity contribution is 0.362. The maximum Gasteiger partial charge on any atom is 0.243 e. The van der Waals surface area contributed by atoms with Crippen LogP contribution in [0.2, 0.25) is 0 Å². The zero-order valence-electron chi connectivity index (χ0n) is 12.4. The lowest BCUT2D eigenvalue weighted by Gasteiger charge is -2.22. The smallest absolute Gasteiger partial charge is 0.243 e. The molecule has 0 spiro atoms. The molecular formula is C15H23F2NO2S. The minimum Gasteiger partial charge on any atom is -0.251 e. The van der Waals surface area contributed by atoms with Crippen molar-refractivity contribution in [1.29, 1.82) is 0 Å². The molecule has 3 nitrogen and oxygen atoms in total. The second kappa shape index (κ2) is 9.10. The van der Waals surface area contributed by atoms with Crippen LogP contribution < -0.4 is 0 Å². The maximum atomic E-state index is 12.6. The van der Waals surface area contributed by atoms with Crippen LogP contribution in [0.1, 0.15) is 31.2 Å². The molecule has 0 fully saturated rings. The molecule has 0 radical (unpaired) electrons. The number of nitrogens with zero attached hydrogens (tertiary/aromatic N) is 1. The number of unbranched alkanes of at least 4 members (excludes halogenated alkanes) is 2. The first kappa shape index (κ1) is 18.0. The highest BCUT2D eigenvalue weighted by molar-refractivity contribution is 7.89. The van der Waals surface area contributed by atoms with Crippen LogP contribution in [0.25, 0.3) is 0 Å². The standard InChI is InChI=1S/C15H23F2NO2S/c1-14-6-8-15(9-7-14)21(19,20)18(12-4-2-10-16)13-5-3-11-17/h6-9H,2-5,10-13H2,1H3. The van der Waals surface area contributed by atoms with Gasteiger partial charge in [-0.15, -0.1) is 0 Å². The summed E-state index contributed by atoms with van der Waals surface area (Å²) in [5.41, 5.74) is 0.982. The van der Waals surface area contributed by atoms with E-state index in [-0.39, 0.29) is 18.0 Å². The van der Waals surface area contributed by atoms with Crippen molar-refractivity contribution in [2.45, 2.75) is 37.5 Å². The number of rotatable bonds is 10. The molecule has 21 heavy (non-hydrogen) atoms. The molecule has 1 rings (SSSR count). The Morgan fingerprint density at radius 2 is 1.38 bits per heavy atom. The predicted molar refractivity (Wildman–Crippen MR) is 80.4 cm³/mol. The summed E-state index contributed by atoms with van der Waals surface area (Å²) in [6.07, 6.45) is 1.61. The number of benzene rings is 1. The van der Waals surface area contributed by atoms with E-state index in [0.717, 1.165) is 5.56 Å². The van der Waals surface area contributed by atoms with Gasteiger partial charge in [-0.1, -0.05) is 17.7 Å². The molecule has 0 aromatic heterocycles. The van der Waals surface area contributed by atoms with Crippen LogP contribution in [-0.2, 0) is 10.0 Å². The summed E-state index contributed by atoms with van der Waals surface area (Å²) in [6.45, 7) is 1.52. The van der Waals surface area contributed by atoms with Crippen molar-refractivity contribution in [2.24, 2.45) is 0 Å². The molecule has 120 valence electrons. The number of aryl methyl sites for hydroxylation is 1. The zero-order chi connectivity index (χ0) is 15.7. The van der Waals surface area contributed by atoms with E-state index < -0.39 is 23.4 Å². The topological polar surface area (TPSA) is 37.4 Å². The normalized spacial score (nSPS) is 12.0. The molecule has 6 heteroatoms. The summed E-state index contributed by atoms with van der Waals surface area (Å²) < 4.78 is 50.9. The Hall–Kier alpha value is -1.01. The van der Waals surface area contributed by atoms with Gasteiger partial charge in [0.25, 0.3) is 0 Å². The molecule has 1 aromatic rings. The Morgan fingerprint density at radius 1 is 0.905 bits per heavy atom. The Morgan fingerprint density at radius 3 is 1.81 bits per heavy atom. The summed E-state index contributed by atoms with van der Waals surface area (Å²) in [7, 11) is -3.59. The van der Waals surface area contributed by atoms with Gasteiger partial charge < -0.3 is 0 Å². The van der Waals surface area contributed by atoms with Gasteiger partial charge in [0.1, 0.15) is 0 Å². The van der Waals surface area contributed by atoms with E-state index in [1.807, 2.05) is 6.92 Å². The second-order valence-corrected chi connectivity index (χ2v) is 6.95. The van der Waals surface area contributed by atoms with Gasteiger partial charge >= 0.3 is 0 Å². The Kier molecular flexibility index (Phi) is 7.82. The SMILES string of the molecule is Cc1ccc(S(=O)(=O)N(CCCCF)CCCCF)cc1. The van der Waals surface area contributed by atoms with Gasteiger partial charge in [-0.2, -0.15) is 4.31 Å². The molecule has 0 unspecified atom stereocenters. The van der Waals surface area contributed by atoms with Gasteiger partial charge in [0.05, 0.1) is 18.2 Å². The number of sulfonamides is 1. The lowest BCUT2D eigenvalue weighted by atomic mass is 10.2.